The van der Waals surface area contributed by atoms with E-state index in [0.29, 0.717) is 5.56 Å². The van der Waals surface area contributed by atoms with Crippen molar-refractivity contribution in [3.05, 3.63) is 58.6 Å². The van der Waals surface area contributed by atoms with E-state index < -0.39 is 22.4 Å². The molecule has 6 heteroatoms. The third kappa shape index (κ3) is 3.30. The minimum absolute atomic E-state index is 0.0138. The van der Waals surface area contributed by atoms with Crippen molar-refractivity contribution in [2.24, 2.45) is 0 Å². The zero-order valence-electron chi connectivity index (χ0n) is 9.70. The van der Waals surface area contributed by atoms with Crippen LogP contribution in [0.1, 0.15) is 5.56 Å². The molecular weight excluding hydrogens is 292 g/mol. The molecule has 2 aromatic rings. The monoisotopic (exact) mass is 301 g/mol. The Bertz CT molecular complexity index is 649. The van der Waals surface area contributed by atoms with Crippen molar-refractivity contribution in [3.8, 4) is 0 Å². The molecule has 2 nitrogen and oxygen atoms in total. The molecule has 0 saturated carbocycles. The first-order valence-electron chi connectivity index (χ1n) is 5.34. The lowest BCUT2D eigenvalue weighted by atomic mass is 10.2. The highest BCUT2D eigenvalue weighted by atomic mass is 35.5. The maximum Gasteiger partial charge on any atom is 0.141 e. The Morgan fingerprint density at radius 1 is 1.16 bits per heavy atom. The lowest BCUT2D eigenvalue weighted by Gasteiger charge is -2.06. The summed E-state index contributed by atoms with van der Waals surface area (Å²) in [6, 6.07) is 7.75. The fraction of sp³-hybridized carbons (Fsp3) is 0.0769. The van der Waals surface area contributed by atoms with Crippen LogP contribution in [0.4, 0.5) is 14.5 Å². The highest BCUT2D eigenvalue weighted by Crippen LogP contribution is 2.23. The Kier molecular flexibility index (Phi) is 4.17. The van der Waals surface area contributed by atoms with Crippen molar-refractivity contribution in [3.63, 3.8) is 0 Å². The summed E-state index contributed by atoms with van der Waals surface area (Å²) in [6.07, 6.45) is 0. The van der Waals surface area contributed by atoms with Crippen LogP contribution in [0, 0.1) is 11.6 Å². The lowest BCUT2D eigenvalue weighted by molar-refractivity contribution is 0.596. The summed E-state index contributed by atoms with van der Waals surface area (Å²) in [5, 5.41) is 0.171. The first-order valence-corrected chi connectivity index (χ1v) is 7.04. The van der Waals surface area contributed by atoms with E-state index in [2.05, 4.69) is 0 Å². The molecular formula is C13H10ClF2NOS. The van der Waals surface area contributed by atoms with Crippen molar-refractivity contribution in [2.45, 2.75) is 10.6 Å². The Morgan fingerprint density at radius 2 is 1.89 bits per heavy atom. The van der Waals surface area contributed by atoms with Crippen LogP contribution in [0.15, 0.2) is 41.3 Å². The average Bonchev–Trinajstić information content (AvgIpc) is 2.32. The normalized spacial score (nSPS) is 12.4. The smallest absolute Gasteiger partial charge is 0.141 e. The van der Waals surface area contributed by atoms with Crippen LogP contribution in [0.2, 0.25) is 5.02 Å². The number of benzene rings is 2. The molecule has 0 spiro atoms. The van der Waals surface area contributed by atoms with Gasteiger partial charge in [-0.1, -0.05) is 17.7 Å². The molecule has 1 unspecified atom stereocenters. The Labute approximate surface area is 116 Å². The molecule has 100 valence electrons. The number of nitrogen functional groups attached to an aromatic ring is 1. The molecule has 0 aliphatic carbocycles. The topological polar surface area (TPSA) is 43.1 Å². The van der Waals surface area contributed by atoms with Crippen LogP contribution in [0.3, 0.4) is 0 Å². The molecule has 0 aromatic heterocycles. The average molecular weight is 302 g/mol. The highest BCUT2D eigenvalue weighted by Gasteiger charge is 2.13. The predicted octanol–water partition coefficient (Wildman–Crippen LogP) is 3.51. The first-order chi connectivity index (χ1) is 8.97. The SMILES string of the molecule is Nc1ccc(S(=O)Cc2ccc(F)cc2Cl)c(F)c1. The summed E-state index contributed by atoms with van der Waals surface area (Å²) in [5.74, 6) is -1.09. The molecule has 0 amide bonds. The number of halogens is 3. The van der Waals surface area contributed by atoms with Crippen molar-refractivity contribution < 1.29 is 13.0 Å². The Balaban J connectivity index is 2.25. The summed E-state index contributed by atoms with van der Waals surface area (Å²) in [4.78, 5) is 0.0505. The van der Waals surface area contributed by atoms with Crippen LogP contribution >= 0.6 is 11.6 Å². The molecule has 19 heavy (non-hydrogen) atoms. The quantitative estimate of drug-likeness (QED) is 0.882. The Hall–Kier alpha value is -1.46. The molecule has 0 aliphatic rings. The minimum atomic E-state index is -1.61. The van der Waals surface area contributed by atoms with Gasteiger partial charge in [0.1, 0.15) is 11.6 Å². The van der Waals surface area contributed by atoms with Crippen LogP contribution < -0.4 is 5.73 Å². The molecule has 0 bridgehead atoms. The third-order valence-electron chi connectivity index (χ3n) is 2.50. The maximum atomic E-state index is 13.6. The van der Waals surface area contributed by atoms with Gasteiger partial charge in [-0.2, -0.15) is 0 Å². The van der Waals surface area contributed by atoms with Crippen LogP contribution in [-0.4, -0.2) is 4.21 Å². The number of hydrogen-bond acceptors (Lipinski definition) is 2. The summed E-state index contributed by atoms with van der Waals surface area (Å²) in [7, 11) is -1.61. The van der Waals surface area contributed by atoms with Gasteiger partial charge in [-0.05, 0) is 35.9 Å². The van der Waals surface area contributed by atoms with E-state index >= 15 is 0 Å². The second kappa shape index (κ2) is 5.67. The van der Waals surface area contributed by atoms with E-state index in [-0.39, 0.29) is 21.4 Å². The van der Waals surface area contributed by atoms with Gasteiger partial charge in [0.25, 0.3) is 0 Å². The second-order valence-corrected chi connectivity index (χ2v) is 5.74. The van der Waals surface area contributed by atoms with Crippen LogP contribution in [0.25, 0.3) is 0 Å². The zero-order chi connectivity index (χ0) is 14.0. The number of rotatable bonds is 3. The number of hydrogen-bond donors (Lipinski definition) is 1. The highest BCUT2D eigenvalue weighted by molar-refractivity contribution is 7.84. The third-order valence-corrected chi connectivity index (χ3v) is 4.25. The first kappa shape index (κ1) is 14.0. The fourth-order valence-corrected chi connectivity index (χ4v) is 3.06. The van der Waals surface area contributed by atoms with Gasteiger partial charge in [0, 0.05) is 10.7 Å². The minimum Gasteiger partial charge on any atom is -0.399 e. The second-order valence-electron chi connectivity index (χ2n) is 3.92. The van der Waals surface area contributed by atoms with Crippen LogP contribution in [0.5, 0.6) is 0 Å². The van der Waals surface area contributed by atoms with Crippen molar-refractivity contribution >= 4 is 28.1 Å². The molecule has 2 aromatic carbocycles. The molecule has 2 N–H and O–H groups in total. The Morgan fingerprint density at radius 3 is 2.53 bits per heavy atom. The van der Waals surface area contributed by atoms with Gasteiger partial charge in [-0.3, -0.25) is 4.21 Å². The van der Waals surface area contributed by atoms with Crippen molar-refractivity contribution in [1.29, 1.82) is 0 Å². The number of anilines is 1. The van der Waals surface area contributed by atoms with Gasteiger partial charge < -0.3 is 5.73 Å². The molecule has 0 fully saturated rings. The predicted molar refractivity (Wildman–Crippen MR) is 72.3 cm³/mol. The summed E-state index contributed by atoms with van der Waals surface area (Å²) in [6.45, 7) is 0. The van der Waals surface area contributed by atoms with E-state index in [1.165, 1.54) is 24.3 Å². The van der Waals surface area contributed by atoms with Gasteiger partial charge in [-0.25, -0.2) is 8.78 Å². The lowest BCUT2D eigenvalue weighted by Crippen LogP contribution is -2.01. The number of nitrogens with two attached hydrogens (primary N) is 1. The summed E-state index contributed by atoms with van der Waals surface area (Å²) < 4.78 is 38.5. The summed E-state index contributed by atoms with van der Waals surface area (Å²) in [5.41, 5.74) is 6.18. The molecule has 0 aliphatic heterocycles. The van der Waals surface area contributed by atoms with E-state index in [9.17, 15) is 13.0 Å². The molecule has 0 saturated heterocycles. The molecule has 0 radical (unpaired) electrons. The zero-order valence-corrected chi connectivity index (χ0v) is 11.3. The van der Waals surface area contributed by atoms with Crippen LogP contribution in [-0.2, 0) is 16.6 Å². The molecule has 1 atom stereocenters. The maximum absolute atomic E-state index is 13.6. The van der Waals surface area contributed by atoms with E-state index in [1.807, 2.05) is 0 Å². The molecule has 0 heterocycles. The fourth-order valence-electron chi connectivity index (χ4n) is 1.56. The van der Waals surface area contributed by atoms with Gasteiger partial charge in [0.15, 0.2) is 0 Å². The largest absolute Gasteiger partial charge is 0.399 e. The standard InChI is InChI=1S/C13H10ClF2NOS/c14-11-5-9(15)2-1-8(11)7-19(18)13-4-3-10(17)6-12(13)16/h1-6H,7,17H2. The van der Waals surface area contributed by atoms with E-state index in [1.54, 1.807) is 0 Å². The van der Waals surface area contributed by atoms with Gasteiger partial charge in [0.2, 0.25) is 0 Å². The van der Waals surface area contributed by atoms with Gasteiger partial charge in [0.05, 0.1) is 21.4 Å². The van der Waals surface area contributed by atoms with Gasteiger partial charge >= 0.3 is 0 Å². The van der Waals surface area contributed by atoms with Crippen molar-refractivity contribution in [1.82, 2.24) is 0 Å². The van der Waals surface area contributed by atoms with E-state index in [4.69, 9.17) is 17.3 Å². The van der Waals surface area contributed by atoms with Crippen molar-refractivity contribution in [2.75, 3.05) is 5.73 Å². The van der Waals surface area contributed by atoms with E-state index in [0.717, 1.165) is 12.1 Å². The summed E-state index contributed by atoms with van der Waals surface area (Å²) >= 11 is 5.84. The van der Waals surface area contributed by atoms with Gasteiger partial charge in [-0.15, -0.1) is 0 Å². The molecule has 2 rings (SSSR count).